The van der Waals surface area contributed by atoms with Crippen molar-refractivity contribution >= 4 is 0 Å². The van der Waals surface area contributed by atoms with Crippen molar-refractivity contribution in [1.29, 1.82) is 0 Å². The van der Waals surface area contributed by atoms with Crippen LogP contribution in [0.4, 0.5) is 0 Å². The minimum atomic E-state index is -0.514. The van der Waals surface area contributed by atoms with E-state index in [-0.39, 0.29) is 12.0 Å². The van der Waals surface area contributed by atoms with Gasteiger partial charge in [-0.1, -0.05) is 32.8 Å². The quantitative estimate of drug-likeness (QED) is 0.818. The fraction of sp³-hybridized carbons (Fsp3) is 0.412. The molecule has 0 amide bonds. The van der Waals surface area contributed by atoms with E-state index in [2.05, 4.69) is 11.0 Å². The highest BCUT2D eigenvalue weighted by atomic mass is 16.5. The second kappa shape index (κ2) is 5.72. The summed E-state index contributed by atoms with van der Waals surface area (Å²) in [6.45, 7) is 9.81. The Morgan fingerprint density at radius 1 is 1.32 bits per heavy atom. The summed E-state index contributed by atoms with van der Waals surface area (Å²) in [6.07, 6.45) is 5.22. The Morgan fingerprint density at radius 2 is 2.00 bits per heavy atom. The van der Waals surface area contributed by atoms with Crippen molar-refractivity contribution in [1.82, 2.24) is 9.78 Å². The smallest absolute Gasteiger partial charge is 0.441 e. The minimum Gasteiger partial charge on any atom is -0.481 e. The zero-order valence-corrected chi connectivity index (χ0v) is 13.6. The van der Waals surface area contributed by atoms with E-state index in [1.54, 1.807) is 6.07 Å². The van der Waals surface area contributed by atoms with Gasteiger partial charge in [-0.2, -0.15) is 4.68 Å². The van der Waals surface area contributed by atoms with Crippen LogP contribution in [0, 0.1) is 26.2 Å². The number of rotatable bonds is 3. The molecule has 0 aliphatic rings. The van der Waals surface area contributed by atoms with E-state index in [1.807, 2.05) is 40.7 Å². The molecule has 0 N–H and O–H groups in total. The van der Waals surface area contributed by atoms with Crippen molar-refractivity contribution in [2.75, 3.05) is 6.61 Å². The van der Waals surface area contributed by atoms with E-state index in [0.717, 1.165) is 11.1 Å². The molecule has 2 aromatic rings. The number of hydrogen-bond acceptors (Lipinski definition) is 4. The maximum Gasteiger partial charge on any atom is 0.441 e. The SMILES string of the molecule is C#CCOc1cc(-n2nc(C(C)(C)C)oc2=O)c(C)cc1C. The molecule has 0 saturated carbocycles. The second-order valence-electron chi connectivity index (χ2n) is 6.23. The lowest BCUT2D eigenvalue weighted by Crippen LogP contribution is -2.16. The Bertz CT molecular complexity index is 786. The topological polar surface area (TPSA) is 57.3 Å². The van der Waals surface area contributed by atoms with Gasteiger partial charge in [-0.05, 0) is 25.0 Å². The van der Waals surface area contributed by atoms with Crippen LogP contribution in [-0.4, -0.2) is 16.4 Å². The van der Waals surface area contributed by atoms with Crippen LogP contribution in [0.2, 0.25) is 0 Å². The molecule has 0 aliphatic heterocycles. The Labute approximate surface area is 129 Å². The summed E-state index contributed by atoms with van der Waals surface area (Å²) in [5.41, 5.74) is 2.14. The standard InChI is InChI=1S/C17H20N2O3/c1-7-8-21-14-10-13(11(2)9-12(14)3)19-16(20)22-15(18-19)17(4,5)6/h1,9-10H,8H2,2-6H3. The van der Waals surface area contributed by atoms with Gasteiger partial charge < -0.3 is 9.15 Å². The number of terminal acetylenes is 1. The Balaban J connectivity index is 2.56. The molecule has 1 aromatic heterocycles. The van der Waals surface area contributed by atoms with Crippen molar-refractivity contribution in [2.45, 2.75) is 40.0 Å². The number of benzene rings is 1. The predicted octanol–water partition coefficient (Wildman–Crippen LogP) is 2.75. The van der Waals surface area contributed by atoms with Crippen molar-refractivity contribution in [3.63, 3.8) is 0 Å². The molecule has 0 atom stereocenters. The average Bonchev–Trinajstić information content (AvgIpc) is 2.80. The van der Waals surface area contributed by atoms with Crippen LogP contribution in [0.5, 0.6) is 5.75 Å². The van der Waals surface area contributed by atoms with Crippen LogP contribution in [0.25, 0.3) is 5.69 Å². The highest BCUT2D eigenvalue weighted by Gasteiger charge is 2.23. The van der Waals surface area contributed by atoms with E-state index in [0.29, 0.717) is 17.3 Å². The lowest BCUT2D eigenvalue weighted by Gasteiger charge is -2.12. The Kier molecular flexibility index (Phi) is 4.14. The molecule has 0 spiro atoms. The van der Waals surface area contributed by atoms with Gasteiger partial charge in [0.1, 0.15) is 12.4 Å². The first-order valence-electron chi connectivity index (χ1n) is 7.02. The van der Waals surface area contributed by atoms with Gasteiger partial charge in [0.15, 0.2) is 0 Å². The summed E-state index contributed by atoms with van der Waals surface area (Å²) in [4.78, 5) is 12.1. The highest BCUT2D eigenvalue weighted by molar-refractivity contribution is 5.49. The monoisotopic (exact) mass is 300 g/mol. The molecule has 0 bridgehead atoms. The third kappa shape index (κ3) is 3.06. The summed E-state index contributed by atoms with van der Waals surface area (Å²) < 4.78 is 12.0. The van der Waals surface area contributed by atoms with Gasteiger partial charge in [0.25, 0.3) is 0 Å². The molecule has 0 radical (unpaired) electrons. The molecule has 1 aromatic carbocycles. The van der Waals surface area contributed by atoms with Crippen LogP contribution >= 0.6 is 0 Å². The number of nitrogens with zero attached hydrogens (tertiary/aromatic N) is 2. The molecule has 116 valence electrons. The molecule has 0 aliphatic carbocycles. The number of ether oxygens (including phenoxy) is 1. The maximum absolute atomic E-state index is 12.1. The van der Waals surface area contributed by atoms with Crippen LogP contribution in [0.3, 0.4) is 0 Å². The van der Waals surface area contributed by atoms with Gasteiger partial charge in [0, 0.05) is 11.5 Å². The summed E-state index contributed by atoms with van der Waals surface area (Å²) in [5.74, 6) is 2.94. The van der Waals surface area contributed by atoms with Gasteiger partial charge >= 0.3 is 5.76 Å². The first-order valence-corrected chi connectivity index (χ1v) is 7.02. The van der Waals surface area contributed by atoms with E-state index >= 15 is 0 Å². The Hall–Kier alpha value is -2.48. The van der Waals surface area contributed by atoms with Gasteiger partial charge in [-0.3, -0.25) is 0 Å². The zero-order chi connectivity index (χ0) is 16.5. The van der Waals surface area contributed by atoms with Gasteiger partial charge in [0.2, 0.25) is 5.89 Å². The molecule has 1 heterocycles. The third-order valence-corrected chi connectivity index (χ3v) is 3.22. The molecule has 22 heavy (non-hydrogen) atoms. The van der Waals surface area contributed by atoms with Crippen LogP contribution in [-0.2, 0) is 5.41 Å². The number of aromatic nitrogens is 2. The highest BCUT2D eigenvalue weighted by Crippen LogP contribution is 2.26. The first kappa shape index (κ1) is 15.9. The molecule has 0 fully saturated rings. The first-order chi connectivity index (χ1) is 10.2. The lowest BCUT2D eigenvalue weighted by atomic mass is 9.97. The summed E-state index contributed by atoms with van der Waals surface area (Å²) >= 11 is 0. The largest absolute Gasteiger partial charge is 0.481 e. The molecule has 0 saturated heterocycles. The summed E-state index contributed by atoms with van der Waals surface area (Å²) in [6, 6.07) is 3.69. The molecule has 0 unspecified atom stereocenters. The molecular formula is C17H20N2O3. The van der Waals surface area contributed by atoms with Crippen LogP contribution in [0.15, 0.2) is 21.3 Å². The summed E-state index contributed by atoms with van der Waals surface area (Å²) in [5, 5.41) is 4.30. The summed E-state index contributed by atoms with van der Waals surface area (Å²) in [7, 11) is 0. The van der Waals surface area contributed by atoms with E-state index < -0.39 is 5.76 Å². The lowest BCUT2D eigenvalue weighted by molar-refractivity contribution is 0.367. The van der Waals surface area contributed by atoms with Crippen LogP contribution < -0.4 is 10.5 Å². The van der Waals surface area contributed by atoms with Gasteiger partial charge in [-0.25, -0.2) is 4.79 Å². The second-order valence-corrected chi connectivity index (χ2v) is 6.23. The normalized spacial score (nSPS) is 11.3. The zero-order valence-electron chi connectivity index (χ0n) is 13.6. The molecule has 5 heteroatoms. The molecule has 5 nitrogen and oxygen atoms in total. The van der Waals surface area contributed by atoms with Gasteiger partial charge in [-0.15, -0.1) is 11.5 Å². The fourth-order valence-corrected chi connectivity index (χ4v) is 2.06. The average molecular weight is 300 g/mol. The van der Waals surface area contributed by atoms with Crippen molar-refractivity contribution in [3.8, 4) is 23.8 Å². The van der Waals surface area contributed by atoms with E-state index in [1.165, 1.54) is 4.68 Å². The number of aryl methyl sites for hydroxylation is 2. The molecular weight excluding hydrogens is 280 g/mol. The van der Waals surface area contributed by atoms with E-state index in [4.69, 9.17) is 15.6 Å². The van der Waals surface area contributed by atoms with E-state index in [9.17, 15) is 4.79 Å². The van der Waals surface area contributed by atoms with Crippen molar-refractivity contribution in [2.24, 2.45) is 0 Å². The van der Waals surface area contributed by atoms with Crippen LogP contribution in [0.1, 0.15) is 37.8 Å². The third-order valence-electron chi connectivity index (χ3n) is 3.22. The van der Waals surface area contributed by atoms with Crippen molar-refractivity contribution < 1.29 is 9.15 Å². The predicted molar refractivity (Wildman–Crippen MR) is 84.6 cm³/mol. The fourth-order valence-electron chi connectivity index (χ4n) is 2.06. The minimum absolute atomic E-state index is 0.171. The van der Waals surface area contributed by atoms with Gasteiger partial charge in [0.05, 0.1) is 5.69 Å². The van der Waals surface area contributed by atoms with Crippen molar-refractivity contribution in [3.05, 3.63) is 39.7 Å². The maximum atomic E-state index is 12.1. The molecule has 2 rings (SSSR count). The number of hydrogen-bond donors (Lipinski definition) is 0. The Morgan fingerprint density at radius 3 is 2.55 bits per heavy atom.